The van der Waals surface area contributed by atoms with Gasteiger partial charge in [0.05, 0.1) is 77.9 Å². The van der Waals surface area contributed by atoms with Crippen LogP contribution in [-0.4, -0.2) is 39.5 Å². The summed E-state index contributed by atoms with van der Waals surface area (Å²) in [5.74, 6) is 0. The normalized spacial score (nSPS) is 12.2. The second kappa shape index (κ2) is 31.7. The van der Waals surface area contributed by atoms with Crippen molar-refractivity contribution in [3.05, 3.63) is 448 Å². The number of thiophene rings is 1. The highest BCUT2D eigenvalue weighted by Crippen LogP contribution is 2.53. The number of anilines is 6. The molecule has 27 rings (SSSR count). The Labute approximate surface area is 763 Å². The summed E-state index contributed by atoms with van der Waals surface area (Å²) in [5, 5.41) is 11.9. The molecular formula is C120H78N10OS. The molecule has 11 nitrogen and oxygen atoms in total. The van der Waals surface area contributed by atoms with Crippen LogP contribution in [-0.2, 0) is 5.41 Å². The molecule has 7 heterocycles. The molecule has 0 amide bonds. The summed E-state index contributed by atoms with van der Waals surface area (Å²) in [5.41, 5.74) is 33.8. The Bertz CT molecular complexity index is 8970. The molecule has 1 aliphatic rings. The quantitative estimate of drug-likeness (QED) is 0.117. The lowest BCUT2D eigenvalue weighted by Crippen LogP contribution is -2.15. The molecule has 0 aliphatic heterocycles. The third-order valence-corrected chi connectivity index (χ3v) is 27.2. The predicted octanol–water partition coefficient (Wildman–Crippen LogP) is 32.1. The van der Waals surface area contributed by atoms with Crippen LogP contribution in [0.4, 0.5) is 34.1 Å². The lowest BCUT2D eigenvalue weighted by molar-refractivity contribution is 0.660. The number of rotatable bonds is 12. The molecule has 620 valence electrons. The van der Waals surface area contributed by atoms with E-state index in [-0.39, 0.29) is 5.41 Å². The molecule has 132 heavy (non-hydrogen) atoms. The summed E-state index contributed by atoms with van der Waals surface area (Å²) in [7, 11) is 0. The predicted molar refractivity (Wildman–Crippen MR) is 549 cm³/mol. The van der Waals surface area contributed by atoms with Crippen molar-refractivity contribution in [2.75, 3.05) is 9.80 Å². The number of para-hydroxylation sites is 11. The zero-order valence-electron chi connectivity index (χ0n) is 71.9. The van der Waals surface area contributed by atoms with Gasteiger partial charge >= 0.3 is 0 Å². The van der Waals surface area contributed by atoms with E-state index in [0.29, 0.717) is 0 Å². The average Bonchev–Trinajstić information content (AvgIpc) is 1.54. The number of hydrogen-bond acceptors (Lipinski definition) is 11. The van der Waals surface area contributed by atoms with Crippen LogP contribution < -0.4 is 9.80 Å². The molecule has 0 atom stereocenters. The first-order valence-electron chi connectivity index (χ1n) is 44.5. The number of fused-ring (bicyclic) bond motifs is 15. The van der Waals surface area contributed by atoms with Crippen LogP contribution in [0.15, 0.2) is 441 Å². The fourth-order valence-electron chi connectivity index (χ4n) is 19.8. The Kier molecular flexibility index (Phi) is 18.5. The van der Waals surface area contributed by atoms with Crippen molar-refractivity contribution >= 4 is 175 Å². The van der Waals surface area contributed by atoms with Crippen LogP contribution in [0, 0.1) is 0 Å². The number of furan rings is 1. The molecular weight excluding hydrogens is 1630 g/mol. The lowest BCUT2D eigenvalue weighted by atomic mass is 9.82. The molecule has 7 aromatic heterocycles. The van der Waals surface area contributed by atoms with Gasteiger partial charge in [-0.1, -0.05) is 250 Å². The van der Waals surface area contributed by atoms with Crippen molar-refractivity contribution in [1.82, 2.24) is 39.5 Å². The Balaban J connectivity index is 0.000000110. The minimum Gasteiger partial charge on any atom is -0.456 e. The molecule has 12 heteroatoms. The van der Waals surface area contributed by atoms with Crippen molar-refractivity contribution in [1.29, 1.82) is 0 Å². The van der Waals surface area contributed by atoms with E-state index in [1.165, 1.54) is 69.9 Å². The molecule has 19 aromatic carbocycles. The van der Waals surface area contributed by atoms with Crippen molar-refractivity contribution in [3.8, 4) is 73.0 Å². The second-order valence-corrected chi connectivity index (χ2v) is 35.4. The van der Waals surface area contributed by atoms with Crippen molar-refractivity contribution < 1.29 is 4.42 Å². The van der Waals surface area contributed by atoms with E-state index in [4.69, 9.17) is 34.3 Å². The average molecular weight is 1710 g/mol. The van der Waals surface area contributed by atoms with Gasteiger partial charge in [-0.2, -0.15) is 0 Å². The van der Waals surface area contributed by atoms with E-state index in [0.717, 1.165) is 178 Å². The summed E-state index contributed by atoms with van der Waals surface area (Å²) in [6, 6.07) is 149. The van der Waals surface area contributed by atoms with Crippen molar-refractivity contribution in [3.63, 3.8) is 0 Å². The Hall–Kier alpha value is -17.2. The summed E-state index contributed by atoms with van der Waals surface area (Å²) >= 11 is 1.86. The zero-order chi connectivity index (χ0) is 87.5. The highest BCUT2D eigenvalue weighted by atomic mass is 32.1. The minimum atomic E-state index is -0.0658. The maximum Gasteiger partial charge on any atom is 0.136 e. The fourth-order valence-corrected chi connectivity index (χ4v) is 20.9. The van der Waals surface area contributed by atoms with Crippen LogP contribution in [0.5, 0.6) is 0 Å². The van der Waals surface area contributed by atoms with Gasteiger partial charge in [0.15, 0.2) is 0 Å². The molecule has 0 saturated heterocycles. The molecule has 0 radical (unpaired) electrons. The van der Waals surface area contributed by atoms with E-state index >= 15 is 0 Å². The topological polar surface area (TPSA) is 115 Å². The van der Waals surface area contributed by atoms with E-state index in [2.05, 4.69) is 361 Å². The summed E-state index contributed by atoms with van der Waals surface area (Å²) < 4.78 is 11.2. The van der Waals surface area contributed by atoms with Gasteiger partial charge in [-0.05, 0) is 232 Å². The molecule has 0 saturated carbocycles. The van der Waals surface area contributed by atoms with Crippen LogP contribution in [0.1, 0.15) is 25.0 Å². The Morgan fingerprint density at radius 2 is 0.735 bits per heavy atom. The second-order valence-electron chi connectivity index (χ2n) is 34.3. The van der Waals surface area contributed by atoms with Crippen LogP contribution in [0.2, 0.25) is 0 Å². The van der Waals surface area contributed by atoms with Gasteiger partial charge in [0.25, 0.3) is 0 Å². The Morgan fingerprint density at radius 3 is 1.35 bits per heavy atom. The largest absolute Gasteiger partial charge is 0.456 e. The van der Waals surface area contributed by atoms with Crippen molar-refractivity contribution in [2.24, 2.45) is 0 Å². The molecule has 0 spiro atoms. The van der Waals surface area contributed by atoms with Gasteiger partial charge in [-0.3, -0.25) is 4.98 Å². The van der Waals surface area contributed by atoms with Gasteiger partial charge in [0.1, 0.15) is 11.2 Å². The first-order chi connectivity index (χ1) is 65.2. The molecule has 0 unspecified atom stereocenters. The maximum absolute atomic E-state index is 6.17. The first-order valence-corrected chi connectivity index (χ1v) is 45.4. The monoisotopic (exact) mass is 1710 g/mol. The van der Waals surface area contributed by atoms with E-state index in [1.807, 2.05) is 115 Å². The standard InChI is InChI=1S/C53H40N4.C35H21N3O.C32H17N3S/c1-53(2)47-29-13-12-28-45(47)46-36-44(32-33-48(46)53)57(41-24-10-5-11-25-41)43-27-17-19-38(35-43)52-51(54-49-30-14-15-31-50(49)55-52)37-18-16-26-42(34-37)56(39-20-6-3-7-21-39)40-22-8-4-9-23-40;1-4-10-32-28(7-1)29-19-24-15-16-25(18-27(24)20-33(29)39-32)35-34(37-30-8-2-3-9-31(30)38-35)23-13-11-22(12-14-23)26-6-5-17-36-21-26;1-2-6-20(7-3-1)35-25-12-10-18-16-21(25)29-26(35)13-15-28-30(29)22-17-19(11-14-27(22)36-28)32-31(18)33-23-8-4-5-9-24(23)34-32/h3-36H,1-2H3;1-21H;1-17H. The number of aromatic nitrogens is 8. The summed E-state index contributed by atoms with van der Waals surface area (Å²) in [6.45, 7) is 4.66. The van der Waals surface area contributed by atoms with E-state index < -0.39 is 0 Å². The third kappa shape index (κ3) is 13.4. The van der Waals surface area contributed by atoms with Crippen LogP contribution in [0.25, 0.3) is 203 Å². The number of benzene rings is 18. The number of hydrogen-bond donors (Lipinski definition) is 0. The van der Waals surface area contributed by atoms with Crippen molar-refractivity contribution in [2.45, 2.75) is 19.3 Å². The van der Waals surface area contributed by atoms with E-state index in [9.17, 15) is 0 Å². The van der Waals surface area contributed by atoms with E-state index in [1.54, 1.807) is 6.20 Å². The summed E-state index contributed by atoms with van der Waals surface area (Å²) in [4.78, 5) is 40.1. The summed E-state index contributed by atoms with van der Waals surface area (Å²) in [6.07, 6.45) is 3.67. The molecule has 26 aromatic rings. The smallest absolute Gasteiger partial charge is 0.136 e. The molecule has 0 N–H and O–H groups in total. The SMILES string of the molecule is CC1(C)c2ccccc2-c2cc(N(c3ccccc3)c3cccc(-c4nc5ccccc5nc4-c4cccc(N(c5ccccc5)c5ccccc5)c4)c3)ccc21.c1ccc(-n2c3ccc4cc3c3c5c(ccc32)sc2ccc(cc25)c2nc3ccccc3nc42)cc1.c1cncc(-c2ccc(-c3nc4ccccc4nc3-c3ccc4cc5c(cc4c3)oc3ccccc35)cc2)c1. The maximum atomic E-state index is 6.17. The lowest BCUT2D eigenvalue weighted by Gasteiger charge is -2.27. The first kappa shape index (κ1) is 77.2. The molecule has 0 fully saturated rings. The van der Waals surface area contributed by atoms with Crippen LogP contribution >= 0.6 is 11.3 Å². The van der Waals surface area contributed by atoms with Gasteiger partial charge in [-0.25, -0.2) is 29.9 Å². The van der Waals surface area contributed by atoms with Crippen LogP contribution in [0.3, 0.4) is 0 Å². The highest BCUT2D eigenvalue weighted by Gasteiger charge is 2.36. The minimum absolute atomic E-state index is 0.0658. The van der Waals surface area contributed by atoms with Gasteiger partial charge in [0, 0.05) is 132 Å². The van der Waals surface area contributed by atoms with Gasteiger partial charge in [-0.15, -0.1) is 11.3 Å². The fraction of sp³-hybridized carbons (Fsp3) is 0.0250. The highest BCUT2D eigenvalue weighted by molar-refractivity contribution is 7.26. The number of pyridine rings is 1. The molecule has 1 aliphatic carbocycles. The number of nitrogens with zero attached hydrogens (tertiary/aromatic N) is 10. The zero-order valence-corrected chi connectivity index (χ0v) is 72.7. The molecule has 4 bridgehead atoms. The van der Waals surface area contributed by atoms with Gasteiger partial charge in [0.2, 0.25) is 0 Å². The third-order valence-electron chi connectivity index (χ3n) is 26.0. The van der Waals surface area contributed by atoms with Gasteiger partial charge < -0.3 is 18.8 Å². The Morgan fingerprint density at radius 1 is 0.273 bits per heavy atom.